The molecule has 1 fully saturated rings. The van der Waals surface area contributed by atoms with Gasteiger partial charge in [-0.2, -0.15) is 0 Å². The zero-order valence-corrected chi connectivity index (χ0v) is 10.6. The average Bonchev–Trinajstić information content (AvgIpc) is 2.60. The third kappa shape index (κ3) is 4.01. The average molecular weight is 248 g/mol. The maximum Gasteiger partial charge on any atom is 0.217 e. The molecule has 0 unspecified atom stereocenters. The Hall–Kier alpha value is -0.530. The first-order valence-corrected chi connectivity index (χ1v) is 5.47. The van der Waals surface area contributed by atoms with E-state index < -0.39 is 24.3 Å². The highest BCUT2D eigenvalue weighted by atomic mass is 16.7. The van der Waals surface area contributed by atoms with Crippen molar-refractivity contribution in [1.29, 1.82) is 0 Å². The summed E-state index contributed by atoms with van der Waals surface area (Å²) in [6.07, 6.45) is -2.45. The van der Waals surface area contributed by atoms with Crippen molar-refractivity contribution in [2.75, 3.05) is 20.8 Å². The van der Waals surface area contributed by atoms with Gasteiger partial charge in [-0.05, 0) is 13.8 Å². The summed E-state index contributed by atoms with van der Waals surface area (Å²) in [5, 5.41) is 9.85. The minimum Gasteiger partial charge on any atom is -0.390 e. The number of methoxy groups -OCH3 is 2. The maximum absolute atomic E-state index is 11.6. The van der Waals surface area contributed by atoms with Crippen LogP contribution in [0.15, 0.2) is 0 Å². The van der Waals surface area contributed by atoms with E-state index in [1.807, 2.05) is 0 Å². The van der Waals surface area contributed by atoms with Crippen molar-refractivity contribution >= 4 is 5.78 Å². The number of rotatable bonds is 6. The molecule has 0 radical (unpaired) electrons. The zero-order valence-electron chi connectivity index (χ0n) is 10.6. The summed E-state index contributed by atoms with van der Waals surface area (Å²) in [7, 11) is 2.74. The van der Waals surface area contributed by atoms with Gasteiger partial charge in [0.05, 0.1) is 12.7 Å². The Kier molecular flexibility index (Phi) is 5.03. The number of ether oxygens (including phenoxy) is 4. The lowest BCUT2D eigenvalue weighted by Gasteiger charge is -2.21. The van der Waals surface area contributed by atoms with Crippen molar-refractivity contribution in [3.63, 3.8) is 0 Å². The smallest absolute Gasteiger partial charge is 0.217 e. The fourth-order valence-electron chi connectivity index (χ4n) is 1.70. The van der Waals surface area contributed by atoms with Crippen LogP contribution in [-0.2, 0) is 23.7 Å². The molecule has 0 aromatic carbocycles. The minimum atomic E-state index is -0.944. The minimum absolute atomic E-state index is 0.0869. The summed E-state index contributed by atoms with van der Waals surface area (Å²) >= 11 is 0. The molecule has 1 aliphatic heterocycles. The van der Waals surface area contributed by atoms with E-state index in [-0.39, 0.29) is 18.8 Å². The van der Waals surface area contributed by atoms with Crippen molar-refractivity contribution < 1.29 is 28.8 Å². The molecule has 0 saturated carbocycles. The van der Waals surface area contributed by atoms with Crippen LogP contribution in [0.2, 0.25) is 0 Å². The number of aliphatic hydroxyl groups excluding tert-OH is 1. The second-order valence-electron chi connectivity index (χ2n) is 4.41. The molecule has 1 heterocycles. The number of Topliss-reactive ketones (excluding diaryl/α,β-unsaturated/α-hetero) is 1. The van der Waals surface area contributed by atoms with E-state index in [0.29, 0.717) is 0 Å². The molecule has 0 aromatic heterocycles. The van der Waals surface area contributed by atoms with Gasteiger partial charge in [0.1, 0.15) is 6.10 Å². The van der Waals surface area contributed by atoms with Gasteiger partial charge in [-0.1, -0.05) is 0 Å². The Balaban J connectivity index is 2.44. The summed E-state index contributed by atoms with van der Waals surface area (Å²) in [4.78, 5) is 11.6. The van der Waals surface area contributed by atoms with Gasteiger partial charge in [-0.25, -0.2) is 0 Å². The van der Waals surface area contributed by atoms with E-state index in [4.69, 9.17) is 18.9 Å². The Morgan fingerprint density at radius 1 is 1.47 bits per heavy atom. The maximum atomic E-state index is 11.6. The first kappa shape index (κ1) is 14.5. The van der Waals surface area contributed by atoms with Crippen molar-refractivity contribution in [1.82, 2.24) is 0 Å². The predicted octanol–water partition coefficient (Wildman–Crippen LogP) is 0.0769. The normalized spacial score (nSPS) is 25.2. The van der Waals surface area contributed by atoms with E-state index in [1.165, 1.54) is 14.2 Å². The lowest BCUT2D eigenvalue weighted by atomic mass is 10.1. The van der Waals surface area contributed by atoms with E-state index >= 15 is 0 Å². The largest absolute Gasteiger partial charge is 0.390 e. The van der Waals surface area contributed by atoms with E-state index in [0.717, 1.165) is 0 Å². The van der Waals surface area contributed by atoms with Crippen LogP contribution in [0.4, 0.5) is 0 Å². The Morgan fingerprint density at radius 2 is 2.06 bits per heavy atom. The second-order valence-corrected chi connectivity index (χ2v) is 4.41. The molecule has 1 rings (SSSR count). The predicted molar refractivity (Wildman–Crippen MR) is 58.3 cm³/mol. The van der Waals surface area contributed by atoms with Crippen molar-refractivity contribution in [2.45, 2.75) is 44.6 Å². The molecular formula is C11H20O6. The Bertz CT molecular complexity index is 261. The van der Waals surface area contributed by atoms with Crippen molar-refractivity contribution in [3.05, 3.63) is 0 Å². The number of carbonyl (C=O) groups is 1. The first-order valence-electron chi connectivity index (χ1n) is 5.47. The van der Waals surface area contributed by atoms with Crippen LogP contribution in [0.25, 0.3) is 0 Å². The zero-order chi connectivity index (χ0) is 13.1. The molecule has 2 atom stereocenters. The van der Waals surface area contributed by atoms with E-state index in [2.05, 4.69) is 0 Å². The molecule has 0 spiro atoms. The SMILES string of the molecule is COC(OC)C(=O)C[C@H](O)[C@H]1COC(C)(C)O1. The molecule has 6 nitrogen and oxygen atoms in total. The third-order valence-corrected chi connectivity index (χ3v) is 2.56. The van der Waals surface area contributed by atoms with Gasteiger partial charge in [0.25, 0.3) is 0 Å². The molecule has 0 aromatic rings. The highest BCUT2D eigenvalue weighted by molar-refractivity contribution is 5.82. The summed E-state index contributed by atoms with van der Waals surface area (Å²) in [5.41, 5.74) is 0. The van der Waals surface area contributed by atoms with E-state index in [9.17, 15) is 9.90 Å². The van der Waals surface area contributed by atoms with Gasteiger partial charge in [-0.15, -0.1) is 0 Å². The highest BCUT2D eigenvalue weighted by Crippen LogP contribution is 2.25. The van der Waals surface area contributed by atoms with Crippen LogP contribution in [0.3, 0.4) is 0 Å². The number of ketones is 1. The fourth-order valence-corrected chi connectivity index (χ4v) is 1.70. The Morgan fingerprint density at radius 3 is 2.47 bits per heavy atom. The summed E-state index contributed by atoms with van der Waals surface area (Å²) in [6.45, 7) is 3.79. The quantitative estimate of drug-likeness (QED) is 0.671. The molecule has 0 amide bonds. The summed E-state index contributed by atoms with van der Waals surface area (Å²) in [5.74, 6) is -1.04. The second kappa shape index (κ2) is 5.88. The molecule has 1 saturated heterocycles. The molecule has 1 N–H and O–H groups in total. The van der Waals surface area contributed by atoms with Gasteiger partial charge in [0.15, 0.2) is 11.6 Å². The van der Waals surface area contributed by atoms with Gasteiger partial charge < -0.3 is 24.1 Å². The van der Waals surface area contributed by atoms with Gasteiger partial charge in [-0.3, -0.25) is 4.79 Å². The van der Waals surface area contributed by atoms with E-state index in [1.54, 1.807) is 13.8 Å². The molecule has 17 heavy (non-hydrogen) atoms. The van der Waals surface area contributed by atoms with Crippen molar-refractivity contribution in [3.8, 4) is 0 Å². The van der Waals surface area contributed by atoms with Crippen LogP contribution < -0.4 is 0 Å². The van der Waals surface area contributed by atoms with Gasteiger partial charge in [0, 0.05) is 20.6 Å². The Labute approximate surface area is 101 Å². The highest BCUT2D eigenvalue weighted by Gasteiger charge is 2.38. The molecule has 0 aliphatic carbocycles. The van der Waals surface area contributed by atoms with Crippen LogP contribution in [0, 0.1) is 0 Å². The number of aliphatic hydroxyl groups is 1. The first-order chi connectivity index (χ1) is 7.89. The molecule has 0 bridgehead atoms. The number of carbonyl (C=O) groups excluding carboxylic acids is 1. The molecule has 1 aliphatic rings. The van der Waals surface area contributed by atoms with Gasteiger partial charge in [0.2, 0.25) is 6.29 Å². The molecule has 100 valence electrons. The fraction of sp³-hybridized carbons (Fsp3) is 0.909. The monoisotopic (exact) mass is 248 g/mol. The van der Waals surface area contributed by atoms with Crippen LogP contribution in [-0.4, -0.2) is 56.0 Å². The standard InChI is InChI=1S/C11H20O6/c1-11(2)16-6-9(17-11)7(12)5-8(13)10(14-3)15-4/h7,9-10,12H,5-6H2,1-4H3/t7-,9+/m0/s1. The summed E-state index contributed by atoms with van der Waals surface area (Å²) in [6, 6.07) is 0. The topological polar surface area (TPSA) is 74.2 Å². The van der Waals surface area contributed by atoms with Crippen LogP contribution >= 0.6 is 0 Å². The lowest BCUT2D eigenvalue weighted by Crippen LogP contribution is -2.36. The third-order valence-electron chi connectivity index (χ3n) is 2.56. The van der Waals surface area contributed by atoms with Gasteiger partial charge >= 0.3 is 0 Å². The van der Waals surface area contributed by atoms with Crippen LogP contribution in [0.5, 0.6) is 0 Å². The number of hydrogen-bond donors (Lipinski definition) is 1. The number of hydrogen-bond acceptors (Lipinski definition) is 6. The lowest BCUT2D eigenvalue weighted by molar-refractivity contribution is -0.166. The molecule has 6 heteroatoms. The summed E-state index contributed by atoms with van der Waals surface area (Å²) < 4.78 is 20.4. The van der Waals surface area contributed by atoms with Crippen molar-refractivity contribution in [2.24, 2.45) is 0 Å². The molecular weight excluding hydrogens is 228 g/mol. The van der Waals surface area contributed by atoms with Crippen LogP contribution in [0.1, 0.15) is 20.3 Å².